The van der Waals surface area contributed by atoms with Crippen LogP contribution in [0.15, 0.2) is 41.3 Å². The van der Waals surface area contributed by atoms with Crippen LogP contribution in [0.1, 0.15) is 11.1 Å². The molecule has 0 amide bonds. The quantitative estimate of drug-likeness (QED) is 0.906. The minimum Gasteiger partial charge on any atom is -0.326 e. The number of hydrogen-bond acceptors (Lipinski definition) is 3. The predicted octanol–water partition coefficient (Wildman–Crippen LogP) is 3.05. The second kappa shape index (κ2) is 6.01. The van der Waals surface area contributed by atoms with Gasteiger partial charge in [0.25, 0.3) is 10.0 Å². The number of aryl methyl sites for hydroxylation is 1. The number of nitrogens with two attached hydrogens (primary N) is 1. The van der Waals surface area contributed by atoms with Gasteiger partial charge in [0.15, 0.2) is 0 Å². The summed E-state index contributed by atoms with van der Waals surface area (Å²) < 4.78 is 40.2. The molecular formula is C14H14ClFN2O2S. The summed E-state index contributed by atoms with van der Waals surface area (Å²) in [5, 5.41) is 0.274. The fraction of sp³-hybridized carbons (Fsp3) is 0.143. The number of rotatable bonds is 4. The van der Waals surface area contributed by atoms with Crippen LogP contribution in [-0.2, 0) is 16.6 Å². The zero-order valence-corrected chi connectivity index (χ0v) is 12.8. The average molecular weight is 329 g/mol. The third-order valence-electron chi connectivity index (χ3n) is 2.98. The maximum Gasteiger partial charge on any atom is 0.261 e. The number of nitrogens with one attached hydrogen (secondary N) is 1. The molecule has 0 fully saturated rings. The lowest BCUT2D eigenvalue weighted by Gasteiger charge is -2.10. The van der Waals surface area contributed by atoms with E-state index in [-0.39, 0.29) is 22.2 Å². The van der Waals surface area contributed by atoms with E-state index >= 15 is 0 Å². The Bertz CT molecular complexity index is 779. The maximum atomic E-state index is 13.4. The van der Waals surface area contributed by atoms with Gasteiger partial charge in [0.2, 0.25) is 0 Å². The van der Waals surface area contributed by atoms with Crippen molar-refractivity contribution in [3.63, 3.8) is 0 Å². The third-order valence-corrected chi connectivity index (χ3v) is 4.71. The fourth-order valence-electron chi connectivity index (χ4n) is 1.73. The smallest absolute Gasteiger partial charge is 0.261 e. The molecule has 0 aliphatic carbocycles. The van der Waals surface area contributed by atoms with Crippen LogP contribution in [0.3, 0.4) is 0 Å². The lowest BCUT2D eigenvalue weighted by Crippen LogP contribution is -2.13. The van der Waals surface area contributed by atoms with Crippen LogP contribution < -0.4 is 10.5 Å². The summed E-state index contributed by atoms with van der Waals surface area (Å²) >= 11 is 5.95. The SMILES string of the molecule is Cc1ccc(NS(=O)(=O)c2ccc(CN)c(Cl)c2)cc1F. The summed E-state index contributed by atoms with van der Waals surface area (Å²) in [4.78, 5) is -0.00863. The molecule has 2 aromatic rings. The molecule has 0 saturated carbocycles. The second-order valence-corrected chi connectivity index (χ2v) is 6.62. The van der Waals surface area contributed by atoms with E-state index in [1.165, 1.54) is 24.3 Å². The number of anilines is 1. The van der Waals surface area contributed by atoms with Crippen LogP contribution in [0.25, 0.3) is 0 Å². The molecule has 0 radical (unpaired) electrons. The zero-order chi connectivity index (χ0) is 15.6. The first-order valence-corrected chi connectivity index (χ1v) is 7.97. The molecule has 0 spiro atoms. The van der Waals surface area contributed by atoms with Crippen LogP contribution in [0.2, 0.25) is 5.02 Å². The largest absolute Gasteiger partial charge is 0.326 e. The molecule has 4 nitrogen and oxygen atoms in total. The standard InChI is InChI=1S/C14H14ClFN2O2S/c1-9-2-4-11(6-14(9)16)18-21(19,20)12-5-3-10(8-17)13(15)7-12/h2-7,18H,8,17H2,1H3. The molecule has 7 heteroatoms. The Morgan fingerprint density at radius 3 is 2.52 bits per heavy atom. The van der Waals surface area contributed by atoms with Crippen molar-refractivity contribution in [3.8, 4) is 0 Å². The molecule has 0 aliphatic rings. The van der Waals surface area contributed by atoms with Crippen molar-refractivity contribution >= 4 is 27.3 Å². The Kier molecular flexibility index (Phi) is 4.51. The zero-order valence-electron chi connectivity index (χ0n) is 11.2. The van der Waals surface area contributed by atoms with Crippen molar-refractivity contribution in [2.24, 2.45) is 5.73 Å². The van der Waals surface area contributed by atoms with E-state index in [0.29, 0.717) is 11.1 Å². The van der Waals surface area contributed by atoms with Gasteiger partial charge in [0, 0.05) is 11.6 Å². The van der Waals surface area contributed by atoms with E-state index in [2.05, 4.69) is 4.72 Å². The Labute approximate surface area is 127 Å². The summed E-state index contributed by atoms with van der Waals surface area (Å²) in [5.74, 6) is -0.480. The van der Waals surface area contributed by atoms with Gasteiger partial charge in [-0.15, -0.1) is 0 Å². The molecule has 0 saturated heterocycles. The molecule has 0 aromatic heterocycles. The highest BCUT2D eigenvalue weighted by Gasteiger charge is 2.16. The van der Waals surface area contributed by atoms with E-state index in [1.54, 1.807) is 13.0 Å². The predicted molar refractivity (Wildman–Crippen MR) is 81.3 cm³/mol. The van der Waals surface area contributed by atoms with E-state index in [9.17, 15) is 12.8 Å². The van der Waals surface area contributed by atoms with E-state index in [4.69, 9.17) is 17.3 Å². The van der Waals surface area contributed by atoms with Crippen molar-refractivity contribution in [1.82, 2.24) is 0 Å². The van der Waals surface area contributed by atoms with Crippen molar-refractivity contribution in [1.29, 1.82) is 0 Å². The molecule has 0 unspecified atom stereocenters. The number of halogens is 2. The van der Waals surface area contributed by atoms with E-state index in [0.717, 1.165) is 6.07 Å². The number of benzene rings is 2. The van der Waals surface area contributed by atoms with Gasteiger partial charge in [0.1, 0.15) is 5.82 Å². The first kappa shape index (κ1) is 15.8. The minimum absolute atomic E-state index is 0.00863. The van der Waals surface area contributed by atoms with Gasteiger partial charge in [-0.3, -0.25) is 4.72 Å². The van der Waals surface area contributed by atoms with Crippen molar-refractivity contribution in [3.05, 3.63) is 58.4 Å². The topological polar surface area (TPSA) is 72.2 Å². The second-order valence-electron chi connectivity index (χ2n) is 4.53. The Balaban J connectivity index is 2.33. The highest BCUT2D eigenvalue weighted by Crippen LogP contribution is 2.23. The molecule has 3 N–H and O–H groups in total. The third kappa shape index (κ3) is 3.53. The highest BCUT2D eigenvalue weighted by atomic mass is 35.5. The lowest BCUT2D eigenvalue weighted by molar-refractivity contribution is 0.601. The molecule has 112 valence electrons. The molecule has 0 atom stereocenters. The molecule has 2 aromatic carbocycles. The number of hydrogen-bond donors (Lipinski definition) is 2. The highest BCUT2D eigenvalue weighted by molar-refractivity contribution is 7.92. The van der Waals surface area contributed by atoms with Crippen LogP contribution >= 0.6 is 11.6 Å². The van der Waals surface area contributed by atoms with Crippen molar-refractivity contribution < 1.29 is 12.8 Å². The van der Waals surface area contributed by atoms with Crippen LogP contribution in [0, 0.1) is 12.7 Å². The van der Waals surface area contributed by atoms with Gasteiger partial charge in [-0.25, -0.2) is 12.8 Å². The van der Waals surface area contributed by atoms with Gasteiger partial charge >= 0.3 is 0 Å². The molecule has 0 heterocycles. The summed E-state index contributed by atoms with van der Waals surface area (Å²) in [6.45, 7) is 1.81. The van der Waals surface area contributed by atoms with Crippen LogP contribution in [-0.4, -0.2) is 8.42 Å². The maximum absolute atomic E-state index is 13.4. The van der Waals surface area contributed by atoms with Gasteiger partial charge < -0.3 is 5.73 Å². The fourth-order valence-corrected chi connectivity index (χ4v) is 3.13. The van der Waals surface area contributed by atoms with E-state index in [1.807, 2.05) is 0 Å². The first-order valence-electron chi connectivity index (χ1n) is 6.11. The lowest BCUT2D eigenvalue weighted by atomic mass is 10.2. The van der Waals surface area contributed by atoms with Gasteiger partial charge in [-0.2, -0.15) is 0 Å². The molecule has 0 aliphatic heterocycles. The molecule has 0 bridgehead atoms. The molecule has 2 rings (SSSR count). The Morgan fingerprint density at radius 2 is 1.95 bits per heavy atom. The van der Waals surface area contributed by atoms with Crippen molar-refractivity contribution in [2.45, 2.75) is 18.4 Å². The van der Waals surface area contributed by atoms with Gasteiger partial charge in [-0.1, -0.05) is 23.7 Å². The van der Waals surface area contributed by atoms with Gasteiger partial charge in [-0.05, 0) is 42.3 Å². The normalized spacial score (nSPS) is 11.4. The van der Waals surface area contributed by atoms with Gasteiger partial charge in [0.05, 0.1) is 10.6 Å². The van der Waals surface area contributed by atoms with E-state index < -0.39 is 15.8 Å². The van der Waals surface area contributed by atoms with Crippen LogP contribution in [0.5, 0.6) is 0 Å². The Morgan fingerprint density at radius 1 is 1.24 bits per heavy atom. The van der Waals surface area contributed by atoms with Crippen LogP contribution in [0.4, 0.5) is 10.1 Å². The summed E-state index contributed by atoms with van der Waals surface area (Å²) in [6, 6.07) is 8.39. The molecule has 21 heavy (non-hydrogen) atoms. The molecular weight excluding hydrogens is 315 g/mol. The average Bonchev–Trinajstić information content (AvgIpc) is 2.42. The monoisotopic (exact) mass is 328 g/mol. The first-order chi connectivity index (χ1) is 9.83. The Hall–Kier alpha value is -1.63. The summed E-state index contributed by atoms with van der Waals surface area (Å²) in [6.07, 6.45) is 0. The number of sulfonamides is 1. The van der Waals surface area contributed by atoms with Crippen molar-refractivity contribution in [2.75, 3.05) is 4.72 Å². The minimum atomic E-state index is -3.83. The summed E-state index contributed by atoms with van der Waals surface area (Å²) in [7, 11) is -3.83. The summed E-state index contributed by atoms with van der Waals surface area (Å²) in [5.41, 5.74) is 6.71.